The van der Waals surface area contributed by atoms with Gasteiger partial charge in [0, 0.05) is 12.1 Å². The van der Waals surface area contributed by atoms with Crippen molar-refractivity contribution in [1.82, 2.24) is 15.5 Å². The van der Waals surface area contributed by atoms with Gasteiger partial charge >= 0.3 is 0 Å². The normalized spacial score (nSPS) is 22.2. The number of hydrogen-bond acceptors (Lipinski definition) is 3. The van der Waals surface area contributed by atoms with E-state index in [9.17, 15) is 4.79 Å². The summed E-state index contributed by atoms with van der Waals surface area (Å²) in [6.07, 6.45) is 3.31. The van der Waals surface area contributed by atoms with Crippen LogP contribution in [-0.2, 0) is 4.79 Å². The van der Waals surface area contributed by atoms with Gasteiger partial charge in [-0.3, -0.25) is 4.79 Å². The van der Waals surface area contributed by atoms with Crippen LogP contribution in [0.2, 0.25) is 0 Å². The van der Waals surface area contributed by atoms with Gasteiger partial charge in [-0.2, -0.15) is 0 Å². The lowest BCUT2D eigenvalue weighted by atomic mass is 10.0. The summed E-state index contributed by atoms with van der Waals surface area (Å²) in [6, 6.07) is 0.0201. The Hall–Kier alpha value is -0.610. The van der Waals surface area contributed by atoms with E-state index in [1.165, 1.54) is 6.42 Å². The third-order valence-corrected chi connectivity index (χ3v) is 3.53. The molecule has 1 saturated heterocycles. The van der Waals surface area contributed by atoms with Gasteiger partial charge in [-0.25, -0.2) is 0 Å². The highest BCUT2D eigenvalue weighted by molar-refractivity contribution is 5.81. The highest BCUT2D eigenvalue weighted by Gasteiger charge is 2.24. The molecule has 16 heavy (non-hydrogen) atoms. The topological polar surface area (TPSA) is 44.4 Å². The van der Waals surface area contributed by atoms with Crippen LogP contribution in [0.25, 0.3) is 0 Å². The predicted molar refractivity (Wildman–Crippen MR) is 66.4 cm³/mol. The number of carbonyl (C=O) groups excluding carboxylic acids is 1. The molecule has 1 aliphatic heterocycles. The number of hydrogen-bond donors (Lipinski definition) is 2. The molecule has 0 aromatic carbocycles. The molecule has 0 bridgehead atoms. The second kappa shape index (κ2) is 5.64. The van der Waals surface area contributed by atoms with Crippen LogP contribution in [0.1, 0.15) is 33.1 Å². The molecular formula is C12H25N3O. The smallest absolute Gasteiger partial charge is 0.237 e. The van der Waals surface area contributed by atoms with E-state index in [4.69, 9.17) is 0 Å². The molecule has 0 aliphatic carbocycles. The maximum atomic E-state index is 11.9. The highest BCUT2D eigenvalue weighted by atomic mass is 16.2. The summed E-state index contributed by atoms with van der Waals surface area (Å²) in [5.74, 6) is 0.148. The van der Waals surface area contributed by atoms with Crippen LogP contribution in [0.5, 0.6) is 0 Å². The Kier molecular flexibility index (Phi) is 4.74. The average molecular weight is 227 g/mol. The molecule has 94 valence electrons. The maximum Gasteiger partial charge on any atom is 0.237 e. The molecule has 4 nitrogen and oxygen atoms in total. The standard InChI is InChI=1S/C12H25N3O/c1-12(2,15(3)4)9-14-11(16)10-7-5-6-8-13-10/h10,13H,5-9H2,1-4H3,(H,14,16). The minimum atomic E-state index is 0.00429. The fraction of sp³-hybridized carbons (Fsp3) is 0.917. The van der Waals surface area contributed by atoms with Crippen molar-refractivity contribution in [2.75, 3.05) is 27.2 Å². The van der Waals surface area contributed by atoms with Crippen LogP contribution in [0.3, 0.4) is 0 Å². The van der Waals surface area contributed by atoms with E-state index in [0.29, 0.717) is 6.54 Å². The van der Waals surface area contributed by atoms with Gasteiger partial charge in [-0.05, 0) is 47.3 Å². The number of nitrogens with zero attached hydrogens (tertiary/aromatic N) is 1. The lowest BCUT2D eigenvalue weighted by molar-refractivity contribution is -0.124. The third kappa shape index (κ3) is 3.76. The quantitative estimate of drug-likeness (QED) is 0.738. The van der Waals surface area contributed by atoms with Crippen LogP contribution in [0.15, 0.2) is 0 Å². The molecule has 1 rings (SSSR count). The van der Waals surface area contributed by atoms with Gasteiger partial charge in [-0.1, -0.05) is 6.42 Å². The van der Waals surface area contributed by atoms with E-state index in [-0.39, 0.29) is 17.5 Å². The third-order valence-electron chi connectivity index (χ3n) is 3.53. The van der Waals surface area contributed by atoms with Crippen LogP contribution >= 0.6 is 0 Å². The Bertz CT molecular complexity index is 232. The van der Waals surface area contributed by atoms with Crippen LogP contribution in [0, 0.1) is 0 Å². The first-order valence-corrected chi connectivity index (χ1v) is 6.12. The van der Waals surface area contributed by atoms with Crippen molar-refractivity contribution in [3.05, 3.63) is 0 Å². The van der Waals surface area contributed by atoms with Gasteiger partial charge in [-0.15, -0.1) is 0 Å². The van der Waals surface area contributed by atoms with Crippen molar-refractivity contribution in [3.63, 3.8) is 0 Å². The molecular weight excluding hydrogens is 202 g/mol. The van der Waals surface area contributed by atoms with Gasteiger partial charge in [0.2, 0.25) is 5.91 Å². The summed E-state index contributed by atoms with van der Waals surface area (Å²) >= 11 is 0. The van der Waals surface area contributed by atoms with Crippen molar-refractivity contribution in [2.24, 2.45) is 0 Å². The van der Waals surface area contributed by atoms with E-state index in [1.54, 1.807) is 0 Å². The Labute approximate surface area is 98.8 Å². The van der Waals surface area contributed by atoms with Crippen molar-refractivity contribution >= 4 is 5.91 Å². The van der Waals surface area contributed by atoms with Gasteiger partial charge in [0.05, 0.1) is 6.04 Å². The van der Waals surface area contributed by atoms with Crippen molar-refractivity contribution < 1.29 is 4.79 Å². The zero-order valence-corrected chi connectivity index (χ0v) is 11.0. The molecule has 0 aromatic heterocycles. The molecule has 1 amide bonds. The molecule has 0 radical (unpaired) electrons. The monoisotopic (exact) mass is 227 g/mol. The molecule has 1 atom stereocenters. The fourth-order valence-electron chi connectivity index (χ4n) is 1.66. The van der Waals surface area contributed by atoms with E-state index >= 15 is 0 Å². The molecule has 1 unspecified atom stereocenters. The molecule has 0 aromatic rings. The predicted octanol–water partition coefficient (Wildman–Crippen LogP) is 0.585. The molecule has 0 saturated carbocycles. The summed E-state index contributed by atoms with van der Waals surface area (Å²) in [5.41, 5.74) is 0.00429. The van der Waals surface area contributed by atoms with E-state index in [2.05, 4.69) is 29.4 Å². The Morgan fingerprint density at radius 2 is 2.12 bits per heavy atom. The second-order valence-corrected chi connectivity index (χ2v) is 5.43. The summed E-state index contributed by atoms with van der Waals surface area (Å²) in [6.45, 7) is 5.91. The van der Waals surface area contributed by atoms with Crippen LogP contribution in [-0.4, -0.2) is 49.6 Å². The van der Waals surface area contributed by atoms with Crippen molar-refractivity contribution in [2.45, 2.75) is 44.7 Å². The van der Waals surface area contributed by atoms with Crippen molar-refractivity contribution in [1.29, 1.82) is 0 Å². The lowest BCUT2D eigenvalue weighted by Gasteiger charge is -2.33. The zero-order valence-electron chi connectivity index (χ0n) is 11.0. The first-order valence-electron chi connectivity index (χ1n) is 6.12. The van der Waals surface area contributed by atoms with Gasteiger partial charge in [0.25, 0.3) is 0 Å². The second-order valence-electron chi connectivity index (χ2n) is 5.43. The summed E-state index contributed by atoms with van der Waals surface area (Å²) in [4.78, 5) is 14.0. The van der Waals surface area contributed by atoms with Gasteiger partial charge in [0.1, 0.15) is 0 Å². The zero-order chi connectivity index (χ0) is 12.2. The number of amides is 1. The Morgan fingerprint density at radius 3 is 2.62 bits per heavy atom. The van der Waals surface area contributed by atoms with Gasteiger partial charge in [0.15, 0.2) is 0 Å². The summed E-state index contributed by atoms with van der Waals surface area (Å²) in [5, 5.41) is 6.29. The molecule has 1 fully saturated rings. The molecule has 2 N–H and O–H groups in total. The van der Waals surface area contributed by atoms with Crippen LogP contribution < -0.4 is 10.6 Å². The van der Waals surface area contributed by atoms with E-state index in [1.807, 2.05) is 14.1 Å². The van der Waals surface area contributed by atoms with E-state index in [0.717, 1.165) is 19.4 Å². The first-order chi connectivity index (χ1) is 7.43. The molecule has 1 aliphatic rings. The van der Waals surface area contributed by atoms with Gasteiger partial charge < -0.3 is 15.5 Å². The molecule has 0 spiro atoms. The minimum Gasteiger partial charge on any atom is -0.353 e. The Balaban J connectivity index is 2.34. The largest absolute Gasteiger partial charge is 0.353 e. The molecule has 4 heteroatoms. The first kappa shape index (κ1) is 13.5. The summed E-state index contributed by atoms with van der Waals surface area (Å²) in [7, 11) is 4.07. The number of likely N-dealkylation sites (N-methyl/N-ethyl adjacent to an activating group) is 1. The molecule has 1 heterocycles. The van der Waals surface area contributed by atoms with E-state index < -0.39 is 0 Å². The fourth-order valence-corrected chi connectivity index (χ4v) is 1.66. The minimum absolute atomic E-state index is 0.00429. The lowest BCUT2D eigenvalue weighted by Crippen LogP contribution is -2.53. The Morgan fingerprint density at radius 1 is 1.44 bits per heavy atom. The maximum absolute atomic E-state index is 11.9. The SMILES string of the molecule is CN(C)C(C)(C)CNC(=O)C1CCCCN1. The number of rotatable bonds is 4. The number of nitrogens with one attached hydrogen (secondary N) is 2. The highest BCUT2D eigenvalue weighted by Crippen LogP contribution is 2.10. The average Bonchev–Trinajstić information content (AvgIpc) is 2.27. The van der Waals surface area contributed by atoms with Crippen LogP contribution in [0.4, 0.5) is 0 Å². The number of piperidine rings is 1. The number of carbonyl (C=O) groups is 1. The van der Waals surface area contributed by atoms with Crippen molar-refractivity contribution in [3.8, 4) is 0 Å². The summed E-state index contributed by atoms with van der Waals surface area (Å²) < 4.78 is 0.